The zero-order valence-electron chi connectivity index (χ0n) is 13.5. The minimum atomic E-state index is -0.729. The van der Waals surface area contributed by atoms with Crippen molar-refractivity contribution < 1.29 is 14.6 Å². The molecule has 4 unspecified atom stereocenters. The second kappa shape index (κ2) is 5.52. The van der Waals surface area contributed by atoms with E-state index in [2.05, 4.69) is 4.98 Å². The van der Waals surface area contributed by atoms with Crippen molar-refractivity contribution in [1.29, 1.82) is 0 Å². The molecule has 1 aromatic carbocycles. The Labute approximate surface area is 144 Å². The SMILES string of the molecule is CC1(C)OC2C(CO)CC(n3cnc4cccc(Cl)c4c3=O)C2O1. The number of hydrogen-bond acceptors (Lipinski definition) is 5. The van der Waals surface area contributed by atoms with E-state index in [9.17, 15) is 9.90 Å². The molecule has 2 aliphatic rings. The lowest BCUT2D eigenvalue weighted by Crippen LogP contribution is -2.33. The van der Waals surface area contributed by atoms with Gasteiger partial charge in [0, 0.05) is 12.5 Å². The molecule has 1 aliphatic carbocycles. The van der Waals surface area contributed by atoms with Gasteiger partial charge in [-0.1, -0.05) is 17.7 Å². The van der Waals surface area contributed by atoms with Crippen LogP contribution in [0.25, 0.3) is 10.9 Å². The standard InChI is InChI=1S/C17H19ClN2O4/c1-17(2)23-14-9(7-21)6-12(15(14)24-17)20-8-19-11-5-3-4-10(18)13(11)16(20)22/h3-5,8-9,12,14-15,21H,6-7H2,1-2H3. The molecule has 6 nitrogen and oxygen atoms in total. The van der Waals surface area contributed by atoms with Crippen molar-refractivity contribution >= 4 is 22.5 Å². The highest BCUT2D eigenvalue weighted by atomic mass is 35.5. The topological polar surface area (TPSA) is 73.6 Å². The van der Waals surface area contributed by atoms with Crippen LogP contribution < -0.4 is 5.56 Å². The summed E-state index contributed by atoms with van der Waals surface area (Å²) in [6, 6.07) is 4.98. The molecule has 4 atom stereocenters. The van der Waals surface area contributed by atoms with Crippen molar-refractivity contribution in [2.24, 2.45) is 5.92 Å². The molecule has 0 radical (unpaired) electrons. The average molecular weight is 351 g/mol. The summed E-state index contributed by atoms with van der Waals surface area (Å²) >= 11 is 6.20. The van der Waals surface area contributed by atoms with E-state index >= 15 is 0 Å². The van der Waals surface area contributed by atoms with Crippen LogP contribution in [0.5, 0.6) is 0 Å². The van der Waals surface area contributed by atoms with Gasteiger partial charge < -0.3 is 14.6 Å². The van der Waals surface area contributed by atoms with E-state index in [4.69, 9.17) is 21.1 Å². The van der Waals surface area contributed by atoms with Gasteiger partial charge in [-0.2, -0.15) is 0 Å². The lowest BCUT2D eigenvalue weighted by molar-refractivity contribution is -0.161. The van der Waals surface area contributed by atoms with Gasteiger partial charge in [0.15, 0.2) is 5.79 Å². The molecule has 2 heterocycles. The van der Waals surface area contributed by atoms with Crippen LogP contribution in [-0.2, 0) is 9.47 Å². The molecule has 2 fully saturated rings. The molecule has 128 valence electrons. The Morgan fingerprint density at radius 1 is 1.38 bits per heavy atom. The number of aromatic nitrogens is 2. The van der Waals surface area contributed by atoms with E-state index in [1.807, 2.05) is 13.8 Å². The lowest BCUT2D eigenvalue weighted by atomic mass is 10.1. The van der Waals surface area contributed by atoms with Crippen LogP contribution in [0.3, 0.4) is 0 Å². The van der Waals surface area contributed by atoms with Gasteiger partial charge in [-0.15, -0.1) is 0 Å². The summed E-state index contributed by atoms with van der Waals surface area (Å²) in [4.78, 5) is 17.3. The molecule has 7 heteroatoms. The fourth-order valence-electron chi connectivity index (χ4n) is 3.88. The third-order valence-corrected chi connectivity index (χ3v) is 5.22. The number of halogens is 1. The monoisotopic (exact) mass is 350 g/mol. The molecule has 2 aromatic rings. The first-order valence-corrected chi connectivity index (χ1v) is 8.41. The summed E-state index contributed by atoms with van der Waals surface area (Å²) in [7, 11) is 0. The van der Waals surface area contributed by atoms with Crippen LogP contribution >= 0.6 is 11.6 Å². The minimum absolute atomic E-state index is 0.00633. The van der Waals surface area contributed by atoms with Crippen LogP contribution in [0.2, 0.25) is 5.02 Å². The molecular weight excluding hydrogens is 332 g/mol. The number of ether oxygens (including phenoxy) is 2. The Balaban J connectivity index is 1.82. The molecule has 1 saturated carbocycles. The molecular formula is C17H19ClN2O4. The zero-order chi connectivity index (χ0) is 17.1. The van der Waals surface area contributed by atoms with Crippen molar-refractivity contribution in [3.05, 3.63) is 39.9 Å². The number of hydrogen-bond donors (Lipinski definition) is 1. The lowest BCUT2D eigenvalue weighted by Gasteiger charge is -2.24. The summed E-state index contributed by atoms with van der Waals surface area (Å²) in [6.07, 6.45) is 1.61. The van der Waals surface area contributed by atoms with Gasteiger partial charge in [-0.25, -0.2) is 4.98 Å². The molecule has 4 rings (SSSR count). The van der Waals surface area contributed by atoms with E-state index in [0.29, 0.717) is 22.3 Å². The predicted molar refractivity (Wildman–Crippen MR) is 89.1 cm³/mol. The molecule has 1 N–H and O–H groups in total. The summed E-state index contributed by atoms with van der Waals surface area (Å²) < 4.78 is 13.5. The zero-order valence-corrected chi connectivity index (χ0v) is 14.2. The third-order valence-electron chi connectivity index (χ3n) is 4.90. The Kier molecular flexibility index (Phi) is 3.69. The van der Waals surface area contributed by atoms with Crippen molar-refractivity contribution in [3.8, 4) is 0 Å². The van der Waals surface area contributed by atoms with Crippen molar-refractivity contribution in [2.75, 3.05) is 6.61 Å². The molecule has 24 heavy (non-hydrogen) atoms. The maximum Gasteiger partial charge on any atom is 0.263 e. The van der Waals surface area contributed by atoms with Gasteiger partial charge in [-0.3, -0.25) is 9.36 Å². The van der Waals surface area contributed by atoms with E-state index in [1.54, 1.807) is 22.8 Å². The molecule has 0 bridgehead atoms. The van der Waals surface area contributed by atoms with E-state index in [1.165, 1.54) is 6.33 Å². The Morgan fingerprint density at radius 3 is 2.88 bits per heavy atom. The summed E-state index contributed by atoms with van der Waals surface area (Å²) in [6.45, 7) is 3.68. The quantitative estimate of drug-likeness (QED) is 0.898. The Morgan fingerprint density at radius 2 is 2.12 bits per heavy atom. The van der Waals surface area contributed by atoms with Crippen LogP contribution in [0.1, 0.15) is 26.3 Å². The third kappa shape index (κ3) is 2.37. The first-order valence-electron chi connectivity index (χ1n) is 8.03. The molecule has 0 amide bonds. The Hall–Kier alpha value is -1.47. The van der Waals surface area contributed by atoms with Gasteiger partial charge in [0.25, 0.3) is 5.56 Å². The van der Waals surface area contributed by atoms with Crippen LogP contribution in [0.15, 0.2) is 29.3 Å². The van der Waals surface area contributed by atoms with Crippen LogP contribution in [0.4, 0.5) is 0 Å². The molecule has 0 spiro atoms. The first-order chi connectivity index (χ1) is 11.4. The van der Waals surface area contributed by atoms with Crippen molar-refractivity contribution in [2.45, 2.75) is 44.3 Å². The van der Waals surface area contributed by atoms with E-state index < -0.39 is 5.79 Å². The highest BCUT2D eigenvalue weighted by Crippen LogP contribution is 2.46. The number of benzene rings is 1. The van der Waals surface area contributed by atoms with Gasteiger partial charge in [0.2, 0.25) is 0 Å². The van der Waals surface area contributed by atoms with E-state index in [0.717, 1.165) is 0 Å². The number of nitrogens with zero attached hydrogens (tertiary/aromatic N) is 2. The summed E-state index contributed by atoms with van der Waals surface area (Å²) in [5.41, 5.74) is 0.377. The fourth-order valence-corrected chi connectivity index (χ4v) is 4.13. The van der Waals surface area contributed by atoms with Crippen molar-refractivity contribution in [1.82, 2.24) is 9.55 Å². The molecule has 1 saturated heterocycles. The number of fused-ring (bicyclic) bond motifs is 2. The highest BCUT2D eigenvalue weighted by molar-refractivity contribution is 6.35. The normalized spacial score (nSPS) is 31.5. The van der Waals surface area contributed by atoms with Crippen LogP contribution in [0, 0.1) is 5.92 Å². The smallest absolute Gasteiger partial charge is 0.263 e. The van der Waals surface area contributed by atoms with Crippen LogP contribution in [-0.4, -0.2) is 39.3 Å². The maximum atomic E-state index is 13.0. The summed E-state index contributed by atoms with van der Waals surface area (Å²) in [5.74, 6) is -0.803. The number of aliphatic hydroxyl groups excluding tert-OH is 1. The van der Waals surface area contributed by atoms with Gasteiger partial charge in [0.1, 0.15) is 6.10 Å². The second-order valence-corrected chi connectivity index (χ2v) is 7.31. The molecule has 1 aromatic heterocycles. The van der Waals surface area contributed by atoms with Gasteiger partial charge >= 0.3 is 0 Å². The highest BCUT2D eigenvalue weighted by Gasteiger charge is 2.54. The second-order valence-electron chi connectivity index (χ2n) is 6.90. The number of aliphatic hydroxyl groups is 1. The largest absolute Gasteiger partial charge is 0.396 e. The van der Waals surface area contributed by atoms with E-state index in [-0.39, 0.29) is 36.3 Å². The Bertz CT molecular complexity index is 850. The fraction of sp³-hybridized carbons (Fsp3) is 0.529. The predicted octanol–water partition coefficient (Wildman–Crippen LogP) is 2.12. The first kappa shape index (κ1) is 16.0. The van der Waals surface area contributed by atoms with Gasteiger partial charge in [0.05, 0.1) is 34.4 Å². The number of rotatable bonds is 2. The van der Waals surface area contributed by atoms with Gasteiger partial charge in [-0.05, 0) is 32.4 Å². The molecule has 1 aliphatic heterocycles. The van der Waals surface area contributed by atoms with Crippen molar-refractivity contribution in [3.63, 3.8) is 0 Å². The average Bonchev–Trinajstić information content (AvgIpc) is 3.01. The maximum absolute atomic E-state index is 13.0. The summed E-state index contributed by atoms with van der Waals surface area (Å²) in [5, 5.41) is 10.5. The minimum Gasteiger partial charge on any atom is -0.396 e.